The minimum absolute atomic E-state index is 0.678. The number of para-hydroxylation sites is 1. The number of benzene rings is 1. The van der Waals surface area contributed by atoms with E-state index < -0.39 is 0 Å². The van der Waals surface area contributed by atoms with Crippen LogP contribution < -0.4 is 5.73 Å². The van der Waals surface area contributed by atoms with Crippen molar-refractivity contribution in [3.8, 4) is 5.69 Å². The highest BCUT2D eigenvalue weighted by Crippen LogP contribution is 2.23. The Morgan fingerprint density at radius 3 is 2.64 bits per heavy atom. The molecule has 0 bridgehead atoms. The summed E-state index contributed by atoms with van der Waals surface area (Å²) in [5.41, 5.74) is 7.83. The maximum absolute atomic E-state index is 5.88. The molecular formula is C10H10BrN3. The fourth-order valence-electron chi connectivity index (χ4n) is 1.26. The van der Waals surface area contributed by atoms with E-state index in [1.54, 1.807) is 10.9 Å². The molecule has 3 nitrogen and oxygen atoms in total. The monoisotopic (exact) mass is 251 g/mol. The van der Waals surface area contributed by atoms with Crippen molar-refractivity contribution >= 4 is 21.7 Å². The standard InChI is InChI=1S/C10H10BrN3/c1-7-6-13-14(10(7)12)9-5-3-2-4-8(9)11/h2-6H,12H2,1H3. The van der Waals surface area contributed by atoms with Crippen LogP contribution in [0.1, 0.15) is 5.56 Å². The predicted molar refractivity (Wildman–Crippen MR) is 60.4 cm³/mol. The molecule has 0 saturated carbocycles. The highest BCUT2D eigenvalue weighted by molar-refractivity contribution is 9.10. The molecule has 0 amide bonds. The summed E-state index contributed by atoms with van der Waals surface area (Å²) in [6.07, 6.45) is 1.76. The number of rotatable bonds is 1. The van der Waals surface area contributed by atoms with E-state index in [4.69, 9.17) is 5.73 Å². The molecule has 0 radical (unpaired) electrons. The fourth-order valence-corrected chi connectivity index (χ4v) is 1.71. The van der Waals surface area contributed by atoms with Crippen LogP contribution in [0.25, 0.3) is 5.69 Å². The van der Waals surface area contributed by atoms with Crippen molar-refractivity contribution in [2.75, 3.05) is 5.73 Å². The van der Waals surface area contributed by atoms with Crippen molar-refractivity contribution in [2.24, 2.45) is 0 Å². The summed E-state index contributed by atoms with van der Waals surface area (Å²) in [6, 6.07) is 7.84. The number of hydrogen-bond donors (Lipinski definition) is 1. The Morgan fingerprint density at radius 2 is 2.07 bits per heavy atom. The van der Waals surface area contributed by atoms with Crippen LogP contribution in [0.15, 0.2) is 34.9 Å². The van der Waals surface area contributed by atoms with Crippen molar-refractivity contribution < 1.29 is 0 Å². The van der Waals surface area contributed by atoms with Crippen LogP contribution in [-0.2, 0) is 0 Å². The van der Waals surface area contributed by atoms with E-state index in [1.165, 1.54) is 0 Å². The Bertz CT molecular complexity index is 462. The maximum atomic E-state index is 5.88. The number of nitrogens with two attached hydrogens (primary N) is 1. The first-order valence-corrected chi connectivity index (χ1v) is 5.04. The van der Waals surface area contributed by atoms with Gasteiger partial charge in [-0.3, -0.25) is 0 Å². The molecule has 14 heavy (non-hydrogen) atoms. The first-order chi connectivity index (χ1) is 6.70. The van der Waals surface area contributed by atoms with E-state index in [1.807, 2.05) is 31.2 Å². The summed E-state index contributed by atoms with van der Waals surface area (Å²) in [5.74, 6) is 0.678. The molecule has 2 N–H and O–H groups in total. The van der Waals surface area contributed by atoms with Crippen LogP contribution in [0.4, 0.5) is 5.82 Å². The predicted octanol–water partition coefficient (Wildman–Crippen LogP) is 2.53. The van der Waals surface area contributed by atoms with E-state index >= 15 is 0 Å². The molecular weight excluding hydrogens is 242 g/mol. The van der Waals surface area contributed by atoms with Crippen LogP contribution in [0, 0.1) is 6.92 Å². The van der Waals surface area contributed by atoms with Crippen LogP contribution in [0.3, 0.4) is 0 Å². The van der Waals surface area contributed by atoms with Gasteiger partial charge in [-0.05, 0) is 35.0 Å². The summed E-state index contributed by atoms with van der Waals surface area (Å²) in [7, 11) is 0. The van der Waals surface area contributed by atoms with Gasteiger partial charge in [0.1, 0.15) is 5.82 Å². The molecule has 1 aromatic carbocycles. The fraction of sp³-hybridized carbons (Fsp3) is 0.100. The molecule has 1 aromatic heterocycles. The second-order valence-corrected chi connectivity index (χ2v) is 3.93. The van der Waals surface area contributed by atoms with Gasteiger partial charge in [0.2, 0.25) is 0 Å². The zero-order valence-electron chi connectivity index (χ0n) is 7.74. The molecule has 0 atom stereocenters. The average Bonchev–Trinajstić information content (AvgIpc) is 2.49. The number of nitrogen functional groups attached to an aromatic ring is 1. The summed E-state index contributed by atoms with van der Waals surface area (Å²) in [5, 5.41) is 4.21. The van der Waals surface area contributed by atoms with Crippen molar-refractivity contribution in [3.05, 3.63) is 40.5 Å². The molecule has 0 aliphatic rings. The molecule has 0 unspecified atom stereocenters. The first-order valence-electron chi connectivity index (χ1n) is 4.25. The Labute approximate surface area is 90.7 Å². The van der Waals surface area contributed by atoms with Crippen molar-refractivity contribution in [1.29, 1.82) is 0 Å². The second-order valence-electron chi connectivity index (χ2n) is 3.08. The third-order valence-electron chi connectivity index (χ3n) is 2.08. The molecule has 2 aromatic rings. The molecule has 0 aliphatic carbocycles. The third-order valence-corrected chi connectivity index (χ3v) is 2.75. The topological polar surface area (TPSA) is 43.8 Å². The SMILES string of the molecule is Cc1cnn(-c2ccccc2Br)c1N. The molecule has 2 rings (SSSR count). The zero-order chi connectivity index (χ0) is 10.1. The van der Waals surface area contributed by atoms with Gasteiger partial charge in [0.25, 0.3) is 0 Å². The van der Waals surface area contributed by atoms with Gasteiger partial charge >= 0.3 is 0 Å². The van der Waals surface area contributed by atoms with Crippen molar-refractivity contribution in [1.82, 2.24) is 9.78 Å². The third kappa shape index (κ3) is 1.42. The van der Waals surface area contributed by atoms with Gasteiger partial charge in [-0.15, -0.1) is 0 Å². The smallest absolute Gasteiger partial charge is 0.130 e. The molecule has 1 heterocycles. The van der Waals surface area contributed by atoms with Crippen LogP contribution in [-0.4, -0.2) is 9.78 Å². The van der Waals surface area contributed by atoms with Crippen LogP contribution in [0.2, 0.25) is 0 Å². The Balaban J connectivity index is 2.60. The van der Waals surface area contributed by atoms with E-state index in [9.17, 15) is 0 Å². The molecule has 0 saturated heterocycles. The Kier molecular flexibility index (Phi) is 2.29. The number of halogens is 1. The lowest BCUT2D eigenvalue weighted by molar-refractivity contribution is 0.887. The average molecular weight is 252 g/mol. The van der Waals surface area contributed by atoms with E-state index in [-0.39, 0.29) is 0 Å². The molecule has 4 heteroatoms. The lowest BCUT2D eigenvalue weighted by Gasteiger charge is -2.06. The number of nitrogens with zero attached hydrogens (tertiary/aromatic N) is 2. The minimum atomic E-state index is 0.678. The lowest BCUT2D eigenvalue weighted by Crippen LogP contribution is -2.02. The number of aryl methyl sites for hydroxylation is 1. The van der Waals surface area contributed by atoms with Crippen molar-refractivity contribution in [2.45, 2.75) is 6.92 Å². The Morgan fingerprint density at radius 1 is 1.36 bits per heavy atom. The lowest BCUT2D eigenvalue weighted by atomic mass is 10.3. The second kappa shape index (κ2) is 3.46. The quantitative estimate of drug-likeness (QED) is 0.847. The van der Waals surface area contributed by atoms with Gasteiger partial charge in [-0.1, -0.05) is 12.1 Å². The van der Waals surface area contributed by atoms with Gasteiger partial charge in [0.05, 0.1) is 11.9 Å². The number of hydrogen-bond acceptors (Lipinski definition) is 2. The van der Waals surface area contributed by atoms with E-state index in [0.29, 0.717) is 5.82 Å². The molecule has 0 spiro atoms. The summed E-state index contributed by atoms with van der Waals surface area (Å²) in [6.45, 7) is 1.94. The van der Waals surface area contributed by atoms with Crippen molar-refractivity contribution in [3.63, 3.8) is 0 Å². The number of aromatic nitrogens is 2. The van der Waals surface area contributed by atoms with Gasteiger partial charge in [-0.2, -0.15) is 5.10 Å². The first kappa shape index (κ1) is 9.27. The van der Waals surface area contributed by atoms with Crippen LogP contribution in [0.5, 0.6) is 0 Å². The highest BCUT2D eigenvalue weighted by atomic mass is 79.9. The zero-order valence-corrected chi connectivity index (χ0v) is 9.32. The molecule has 72 valence electrons. The van der Waals surface area contributed by atoms with Gasteiger partial charge < -0.3 is 5.73 Å². The van der Waals surface area contributed by atoms with E-state index in [2.05, 4.69) is 21.0 Å². The molecule has 0 aliphatic heterocycles. The largest absolute Gasteiger partial charge is 0.383 e. The van der Waals surface area contributed by atoms with Gasteiger partial charge in [0, 0.05) is 10.0 Å². The van der Waals surface area contributed by atoms with Gasteiger partial charge in [-0.25, -0.2) is 4.68 Å². The van der Waals surface area contributed by atoms with Crippen LogP contribution >= 0.6 is 15.9 Å². The minimum Gasteiger partial charge on any atom is -0.383 e. The normalized spacial score (nSPS) is 10.4. The summed E-state index contributed by atoms with van der Waals surface area (Å²) in [4.78, 5) is 0. The summed E-state index contributed by atoms with van der Waals surface area (Å²) < 4.78 is 2.70. The maximum Gasteiger partial charge on any atom is 0.130 e. The van der Waals surface area contributed by atoms with E-state index in [0.717, 1.165) is 15.7 Å². The Hall–Kier alpha value is -1.29. The highest BCUT2D eigenvalue weighted by Gasteiger charge is 2.07. The molecule has 0 fully saturated rings. The summed E-state index contributed by atoms with van der Waals surface area (Å²) >= 11 is 3.46. The number of anilines is 1. The van der Waals surface area contributed by atoms with Gasteiger partial charge in [0.15, 0.2) is 0 Å².